The van der Waals surface area contributed by atoms with Gasteiger partial charge in [-0.25, -0.2) is 5.43 Å². The Kier molecular flexibility index (Phi) is 5.95. The molecule has 2 aliphatic rings. The fourth-order valence-electron chi connectivity index (χ4n) is 3.08. The first-order chi connectivity index (χ1) is 14.6. The van der Waals surface area contributed by atoms with Crippen molar-refractivity contribution in [3.63, 3.8) is 0 Å². The van der Waals surface area contributed by atoms with Gasteiger partial charge in [0.2, 0.25) is 17.8 Å². The van der Waals surface area contributed by atoms with E-state index in [4.69, 9.17) is 9.47 Å². The first kappa shape index (κ1) is 19.9. The van der Waals surface area contributed by atoms with Crippen LogP contribution in [0.4, 0.5) is 17.8 Å². The minimum absolute atomic E-state index is 0.261. The molecular formula is C18H23N7O5. The monoisotopic (exact) mass is 417 g/mol. The molecule has 2 aliphatic heterocycles. The summed E-state index contributed by atoms with van der Waals surface area (Å²) >= 11 is 0. The Balaban J connectivity index is 1.56. The number of rotatable bonds is 5. The summed E-state index contributed by atoms with van der Waals surface area (Å²) < 4.78 is 10.8. The lowest BCUT2D eigenvalue weighted by molar-refractivity contribution is 0.121. The van der Waals surface area contributed by atoms with Crippen LogP contribution in [0.5, 0.6) is 17.2 Å². The van der Waals surface area contributed by atoms with Gasteiger partial charge >= 0.3 is 0 Å². The molecule has 0 atom stereocenters. The van der Waals surface area contributed by atoms with E-state index in [1.807, 2.05) is 9.80 Å². The number of ether oxygens (including phenoxy) is 2. The van der Waals surface area contributed by atoms with E-state index in [0.717, 1.165) is 0 Å². The number of hydrogen-bond donors (Lipinski definition) is 4. The second kappa shape index (κ2) is 8.97. The number of morpholine rings is 2. The number of anilines is 3. The molecule has 0 radical (unpaired) electrons. The van der Waals surface area contributed by atoms with Gasteiger partial charge in [0, 0.05) is 31.7 Å². The van der Waals surface area contributed by atoms with Crippen molar-refractivity contribution in [2.75, 3.05) is 67.8 Å². The van der Waals surface area contributed by atoms with Crippen LogP contribution >= 0.6 is 0 Å². The van der Waals surface area contributed by atoms with E-state index < -0.39 is 17.2 Å². The Labute approximate surface area is 172 Å². The highest BCUT2D eigenvalue weighted by atomic mass is 16.5. The molecule has 0 spiro atoms. The topological polar surface area (TPSA) is 149 Å². The van der Waals surface area contributed by atoms with Gasteiger partial charge in [0.05, 0.1) is 32.6 Å². The number of hydrazone groups is 1. The molecule has 4 rings (SSSR count). The van der Waals surface area contributed by atoms with Crippen LogP contribution in [0.1, 0.15) is 5.56 Å². The predicted octanol–water partition coefficient (Wildman–Crippen LogP) is 0.108. The van der Waals surface area contributed by atoms with E-state index in [1.165, 1.54) is 18.3 Å². The standard InChI is InChI=1S/C18H23N7O5/c26-13-9-12(10-14(27)15(13)28)11-19-23-16-20-17(24-1-5-29-6-2-24)22-18(21-16)25-3-7-30-8-4-25/h9-11,26-28H,1-8H2,(H,20,21,22,23)/b19-11+. The molecule has 0 bridgehead atoms. The van der Waals surface area contributed by atoms with Gasteiger partial charge in [-0.3, -0.25) is 0 Å². The highest BCUT2D eigenvalue weighted by Crippen LogP contribution is 2.34. The molecule has 0 saturated carbocycles. The summed E-state index contributed by atoms with van der Waals surface area (Å²) in [4.78, 5) is 17.6. The average Bonchev–Trinajstić information content (AvgIpc) is 2.78. The lowest BCUT2D eigenvalue weighted by atomic mass is 10.2. The van der Waals surface area contributed by atoms with Crippen molar-refractivity contribution in [3.05, 3.63) is 17.7 Å². The third-order valence-electron chi connectivity index (χ3n) is 4.67. The molecule has 30 heavy (non-hydrogen) atoms. The molecule has 0 unspecified atom stereocenters. The van der Waals surface area contributed by atoms with Crippen molar-refractivity contribution >= 4 is 24.1 Å². The lowest BCUT2D eigenvalue weighted by Crippen LogP contribution is -2.40. The van der Waals surface area contributed by atoms with Crippen LogP contribution in [0.3, 0.4) is 0 Å². The van der Waals surface area contributed by atoms with Gasteiger partial charge in [-0.05, 0) is 12.1 Å². The third-order valence-corrected chi connectivity index (χ3v) is 4.67. The number of nitrogens with one attached hydrogen (secondary N) is 1. The van der Waals surface area contributed by atoms with Gasteiger partial charge < -0.3 is 34.6 Å². The van der Waals surface area contributed by atoms with Gasteiger partial charge in [0.1, 0.15) is 0 Å². The number of benzene rings is 1. The highest BCUT2D eigenvalue weighted by Gasteiger charge is 2.20. The maximum absolute atomic E-state index is 9.60. The predicted molar refractivity (Wildman–Crippen MR) is 109 cm³/mol. The summed E-state index contributed by atoms with van der Waals surface area (Å²) in [6.45, 7) is 5.15. The molecule has 2 saturated heterocycles. The minimum atomic E-state index is -0.581. The Morgan fingerprint density at radius 1 is 0.833 bits per heavy atom. The van der Waals surface area contributed by atoms with E-state index in [9.17, 15) is 15.3 Å². The van der Waals surface area contributed by atoms with Crippen LogP contribution in [0.15, 0.2) is 17.2 Å². The first-order valence-corrected chi connectivity index (χ1v) is 9.55. The molecule has 12 heteroatoms. The summed E-state index contributed by atoms with van der Waals surface area (Å²) in [5, 5.41) is 32.7. The molecule has 2 aromatic rings. The van der Waals surface area contributed by atoms with E-state index in [1.54, 1.807) is 0 Å². The Morgan fingerprint density at radius 3 is 1.83 bits per heavy atom. The van der Waals surface area contributed by atoms with E-state index in [0.29, 0.717) is 70.1 Å². The summed E-state index contributed by atoms with van der Waals surface area (Å²) in [7, 11) is 0. The van der Waals surface area contributed by atoms with Crippen molar-refractivity contribution in [3.8, 4) is 17.2 Å². The second-order valence-corrected chi connectivity index (χ2v) is 6.74. The first-order valence-electron chi connectivity index (χ1n) is 9.55. The van der Waals surface area contributed by atoms with Gasteiger partial charge in [-0.15, -0.1) is 0 Å². The summed E-state index contributed by atoms with van der Waals surface area (Å²) in [6, 6.07) is 2.54. The zero-order chi connectivity index (χ0) is 20.9. The van der Waals surface area contributed by atoms with Crippen molar-refractivity contribution in [1.29, 1.82) is 0 Å². The van der Waals surface area contributed by atoms with Gasteiger partial charge in [0.25, 0.3) is 0 Å². The van der Waals surface area contributed by atoms with Crippen molar-refractivity contribution in [2.45, 2.75) is 0 Å². The van der Waals surface area contributed by atoms with Crippen LogP contribution in [0.2, 0.25) is 0 Å². The maximum Gasteiger partial charge on any atom is 0.250 e. The largest absolute Gasteiger partial charge is 0.504 e. The zero-order valence-electron chi connectivity index (χ0n) is 16.2. The van der Waals surface area contributed by atoms with Crippen molar-refractivity contribution in [2.24, 2.45) is 5.10 Å². The molecular weight excluding hydrogens is 394 g/mol. The summed E-state index contributed by atoms with van der Waals surface area (Å²) in [5.74, 6) is -0.138. The summed E-state index contributed by atoms with van der Waals surface area (Å²) in [5.41, 5.74) is 3.15. The van der Waals surface area contributed by atoms with Gasteiger partial charge in [0.15, 0.2) is 17.2 Å². The average molecular weight is 417 g/mol. The smallest absolute Gasteiger partial charge is 0.250 e. The quantitative estimate of drug-likeness (QED) is 0.298. The summed E-state index contributed by atoms with van der Waals surface area (Å²) in [6.07, 6.45) is 1.37. The second-order valence-electron chi connectivity index (χ2n) is 6.74. The maximum atomic E-state index is 9.60. The molecule has 1 aromatic carbocycles. The number of phenolic OH excluding ortho intramolecular Hbond substituents is 3. The van der Waals surface area contributed by atoms with Crippen molar-refractivity contribution in [1.82, 2.24) is 15.0 Å². The fourth-order valence-corrected chi connectivity index (χ4v) is 3.08. The van der Waals surface area contributed by atoms with Gasteiger partial charge in [-0.2, -0.15) is 20.1 Å². The number of aromatic nitrogens is 3. The molecule has 160 valence electrons. The molecule has 0 amide bonds. The number of nitrogens with zero attached hydrogens (tertiary/aromatic N) is 6. The lowest BCUT2D eigenvalue weighted by Gasteiger charge is -2.30. The van der Waals surface area contributed by atoms with Gasteiger partial charge in [-0.1, -0.05) is 0 Å². The highest BCUT2D eigenvalue weighted by molar-refractivity contribution is 5.82. The molecule has 2 fully saturated rings. The zero-order valence-corrected chi connectivity index (χ0v) is 16.2. The fraction of sp³-hybridized carbons (Fsp3) is 0.444. The van der Waals surface area contributed by atoms with Crippen molar-refractivity contribution < 1.29 is 24.8 Å². The Bertz CT molecular complexity index is 855. The Hall–Kier alpha value is -3.38. The van der Waals surface area contributed by atoms with Crippen LogP contribution < -0.4 is 15.2 Å². The SMILES string of the molecule is Oc1cc(/C=N/Nc2nc(N3CCOCC3)nc(N3CCOCC3)n2)cc(O)c1O. The number of aromatic hydroxyl groups is 3. The van der Waals surface area contributed by atoms with Crippen LogP contribution in [-0.2, 0) is 9.47 Å². The number of hydrogen-bond acceptors (Lipinski definition) is 12. The molecule has 1 aromatic heterocycles. The van der Waals surface area contributed by atoms with Crippen LogP contribution in [0.25, 0.3) is 0 Å². The number of phenols is 3. The molecule has 0 aliphatic carbocycles. The van der Waals surface area contributed by atoms with Crippen LogP contribution in [-0.4, -0.2) is 89.1 Å². The molecule has 4 N–H and O–H groups in total. The molecule has 3 heterocycles. The van der Waals surface area contributed by atoms with Crippen LogP contribution in [0, 0.1) is 0 Å². The van der Waals surface area contributed by atoms with E-state index >= 15 is 0 Å². The molecule has 12 nitrogen and oxygen atoms in total. The third kappa shape index (κ3) is 4.60. The van der Waals surface area contributed by atoms with E-state index in [-0.39, 0.29) is 5.95 Å². The Morgan fingerprint density at radius 2 is 1.33 bits per heavy atom. The minimum Gasteiger partial charge on any atom is -0.504 e. The normalized spacial score (nSPS) is 17.5. The van der Waals surface area contributed by atoms with E-state index in [2.05, 4.69) is 25.5 Å².